The molecule has 19 heavy (non-hydrogen) atoms. The summed E-state index contributed by atoms with van der Waals surface area (Å²) >= 11 is 0. The van der Waals surface area contributed by atoms with E-state index in [0.717, 1.165) is 12.8 Å². The van der Waals surface area contributed by atoms with E-state index in [4.69, 9.17) is 9.47 Å². The Labute approximate surface area is 117 Å². The van der Waals surface area contributed by atoms with E-state index in [1.54, 1.807) is 0 Å². The molecule has 0 saturated heterocycles. The number of carbonyl (C=O) groups is 1. The largest absolute Gasteiger partial charge is 0.374 e. The van der Waals surface area contributed by atoms with Crippen LogP contribution < -0.4 is 0 Å². The minimum absolute atomic E-state index is 0.112. The Bertz CT molecular complexity index is 308. The van der Waals surface area contributed by atoms with Gasteiger partial charge in [-0.3, -0.25) is 4.79 Å². The second-order valence-corrected chi connectivity index (χ2v) is 7.02. The van der Waals surface area contributed by atoms with Crippen molar-refractivity contribution in [2.45, 2.75) is 77.4 Å². The normalized spacial score (nSPS) is 27.1. The zero-order valence-electron chi connectivity index (χ0n) is 12.7. The summed E-state index contributed by atoms with van der Waals surface area (Å²) in [6.07, 6.45) is 7.77. The fourth-order valence-corrected chi connectivity index (χ4v) is 3.33. The molecule has 0 amide bonds. The predicted molar refractivity (Wildman–Crippen MR) is 75.2 cm³/mol. The summed E-state index contributed by atoms with van der Waals surface area (Å²) < 4.78 is 11.6. The summed E-state index contributed by atoms with van der Waals surface area (Å²) in [7, 11) is 0. The van der Waals surface area contributed by atoms with E-state index in [2.05, 4.69) is 0 Å². The van der Waals surface area contributed by atoms with Gasteiger partial charge in [0.2, 0.25) is 0 Å². The minimum Gasteiger partial charge on any atom is -0.374 e. The summed E-state index contributed by atoms with van der Waals surface area (Å²) in [5.74, 6) is 0.441. The van der Waals surface area contributed by atoms with E-state index >= 15 is 0 Å². The Kier molecular flexibility index (Phi) is 4.67. The first-order valence-corrected chi connectivity index (χ1v) is 7.73. The Morgan fingerprint density at radius 3 is 2.26 bits per heavy atom. The van der Waals surface area contributed by atoms with Gasteiger partial charge in [-0.25, -0.2) is 0 Å². The maximum atomic E-state index is 12.1. The van der Waals surface area contributed by atoms with Crippen molar-refractivity contribution in [1.29, 1.82) is 0 Å². The van der Waals surface area contributed by atoms with Crippen LogP contribution in [0.25, 0.3) is 0 Å². The second-order valence-electron chi connectivity index (χ2n) is 7.02. The lowest BCUT2D eigenvalue weighted by atomic mass is 9.60. The van der Waals surface area contributed by atoms with Gasteiger partial charge in [0.05, 0.1) is 30.3 Å². The number of hydrogen-bond donors (Lipinski definition) is 0. The first-order valence-electron chi connectivity index (χ1n) is 7.73. The van der Waals surface area contributed by atoms with Crippen LogP contribution in [0, 0.1) is 5.41 Å². The molecule has 2 aliphatic carbocycles. The summed E-state index contributed by atoms with van der Waals surface area (Å²) in [6.45, 7) is 7.37. The molecule has 0 aromatic heterocycles. The zero-order valence-corrected chi connectivity index (χ0v) is 12.7. The number of Topliss-reactive ketones (excluding diaryl/α,β-unsaturated/α-hetero) is 1. The quantitative estimate of drug-likeness (QED) is 0.732. The van der Waals surface area contributed by atoms with Crippen LogP contribution in [0.2, 0.25) is 0 Å². The maximum Gasteiger partial charge on any atom is 0.144 e. The van der Waals surface area contributed by atoms with Gasteiger partial charge in [-0.15, -0.1) is 0 Å². The second kappa shape index (κ2) is 5.92. The van der Waals surface area contributed by atoms with Gasteiger partial charge < -0.3 is 9.47 Å². The van der Waals surface area contributed by atoms with Crippen LogP contribution in [0.3, 0.4) is 0 Å². The average Bonchev–Trinajstić information content (AvgIpc) is 2.59. The third-order valence-corrected chi connectivity index (χ3v) is 4.48. The third-order valence-electron chi connectivity index (χ3n) is 4.48. The van der Waals surface area contributed by atoms with E-state index in [0.29, 0.717) is 25.4 Å². The van der Waals surface area contributed by atoms with E-state index in [1.807, 2.05) is 20.8 Å². The highest BCUT2D eigenvalue weighted by molar-refractivity contribution is 5.92. The van der Waals surface area contributed by atoms with Crippen molar-refractivity contribution in [2.24, 2.45) is 5.41 Å². The van der Waals surface area contributed by atoms with Gasteiger partial charge in [0, 0.05) is 6.42 Å². The SMILES string of the molecule is CC(C)(C)OCCOC1CC(=O)C12CCCCCC2. The maximum absolute atomic E-state index is 12.1. The molecule has 1 unspecified atom stereocenters. The van der Waals surface area contributed by atoms with E-state index in [9.17, 15) is 4.79 Å². The van der Waals surface area contributed by atoms with Gasteiger partial charge in [-0.05, 0) is 33.6 Å². The van der Waals surface area contributed by atoms with E-state index < -0.39 is 0 Å². The van der Waals surface area contributed by atoms with Crippen LogP contribution in [0.4, 0.5) is 0 Å². The molecule has 2 fully saturated rings. The molecule has 110 valence electrons. The molecule has 0 bridgehead atoms. The van der Waals surface area contributed by atoms with Crippen molar-refractivity contribution >= 4 is 5.78 Å². The van der Waals surface area contributed by atoms with Gasteiger partial charge in [0.1, 0.15) is 5.78 Å². The van der Waals surface area contributed by atoms with Crippen molar-refractivity contribution in [1.82, 2.24) is 0 Å². The summed E-state index contributed by atoms with van der Waals surface area (Å²) in [6, 6.07) is 0. The summed E-state index contributed by atoms with van der Waals surface area (Å²) in [4.78, 5) is 12.1. The number of hydrogen-bond acceptors (Lipinski definition) is 3. The number of ketones is 1. The molecule has 0 heterocycles. The zero-order chi connectivity index (χ0) is 13.9. The van der Waals surface area contributed by atoms with Gasteiger partial charge in [0.25, 0.3) is 0 Å². The fourth-order valence-electron chi connectivity index (χ4n) is 3.33. The molecule has 2 rings (SSSR count). The first kappa shape index (κ1) is 15.0. The molecule has 0 radical (unpaired) electrons. The highest BCUT2D eigenvalue weighted by Gasteiger charge is 2.54. The van der Waals surface area contributed by atoms with Crippen LogP contribution in [0.1, 0.15) is 65.7 Å². The molecule has 0 N–H and O–H groups in total. The van der Waals surface area contributed by atoms with Crippen LogP contribution in [0.15, 0.2) is 0 Å². The average molecular weight is 268 g/mol. The van der Waals surface area contributed by atoms with Crippen molar-refractivity contribution in [2.75, 3.05) is 13.2 Å². The minimum atomic E-state index is -0.127. The van der Waals surface area contributed by atoms with Gasteiger partial charge >= 0.3 is 0 Å². The molecule has 0 aromatic carbocycles. The van der Waals surface area contributed by atoms with Crippen molar-refractivity contribution in [3.8, 4) is 0 Å². The molecule has 0 aromatic rings. The van der Waals surface area contributed by atoms with Crippen LogP contribution in [-0.2, 0) is 14.3 Å². The third kappa shape index (κ3) is 3.57. The Hall–Kier alpha value is -0.410. The number of ether oxygens (including phenoxy) is 2. The molecule has 2 saturated carbocycles. The van der Waals surface area contributed by atoms with Crippen molar-refractivity contribution < 1.29 is 14.3 Å². The highest BCUT2D eigenvalue weighted by atomic mass is 16.5. The standard InChI is InChI=1S/C16H28O3/c1-15(2,3)19-11-10-18-14-12-13(17)16(14)8-6-4-5-7-9-16/h14H,4-12H2,1-3H3. The molecule has 1 atom stereocenters. The molecular formula is C16H28O3. The lowest BCUT2D eigenvalue weighted by molar-refractivity contribution is -0.170. The number of carbonyl (C=O) groups excluding carboxylic acids is 1. The monoisotopic (exact) mass is 268 g/mol. The Morgan fingerprint density at radius 2 is 1.74 bits per heavy atom. The lowest BCUT2D eigenvalue weighted by Gasteiger charge is -2.47. The molecule has 3 nitrogen and oxygen atoms in total. The number of rotatable bonds is 4. The van der Waals surface area contributed by atoms with E-state index in [-0.39, 0.29) is 17.1 Å². The van der Waals surface area contributed by atoms with Gasteiger partial charge in [-0.2, -0.15) is 0 Å². The predicted octanol–water partition coefficient (Wildman–Crippen LogP) is 3.50. The Morgan fingerprint density at radius 1 is 1.11 bits per heavy atom. The van der Waals surface area contributed by atoms with E-state index in [1.165, 1.54) is 25.7 Å². The Balaban J connectivity index is 1.79. The summed E-state index contributed by atoms with van der Waals surface area (Å²) in [5, 5.41) is 0. The topological polar surface area (TPSA) is 35.5 Å². The lowest BCUT2D eigenvalue weighted by Crippen LogP contribution is -2.55. The van der Waals surface area contributed by atoms with Crippen molar-refractivity contribution in [3.05, 3.63) is 0 Å². The van der Waals surface area contributed by atoms with Gasteiger partial charge in [0.15, 0.2) is 0 Å². The molecule has 3 heteroatoms. The highest BCUT2D eigenvalue weighted by Crippen LogP contribution is 2.49. The smallest absolute Gasteiger partial charge is 0.144 e. The molecule has 2 aliphatic rings. The molecular weight excluding hydrogens is 240 g/mol. The fraction of sp³-hybridized carbons (Fsp3) is 0.938. The van der Waals surface area contributed by atoms with Crippen LogP contribution in [0.5, 0.6) is 0 Å². The summed E-state index contributed by atoms with van der Waals surface area (Å²) in [5.41, 5.74) is -0.239. The van der Waals surface area contributed by atoms with Gasteiger partial charge in [-0.1, -0.05) is 25.7 Å². The molecule has 0 aliphatic heterocycles. The first-order chi connectivity index (χ1) is 8.94. The molecule has 1 spiro atoms. The van der Waals surface area contributed by atoms with Crippen LogP contribution >= 0.6 is 0 Å². The van der Waals surface area contributed by atoms with Crippen molar-refractivity contribution in [3.63, 3.8) is 0 Å². The van der Waals surface area contributed by atoms with Crippen LogP contribution in [-0.4, -0.2) is 30.7 Å².